The van der Waals surface area contributed by atoms with Crippen molar-refractivity contribution in [1.29, 1.82) is 0 Å². The molecule has 0 saturated heterocycles. The summed E-state index contributed by atoms with van der Waals surface area (Å²) >= 11 is 2.92. The van der Waals surface area contributed by atoms with Crippen LogP contribution in [0.4, 0.5) is 0 Å². The second-order valence-electron chi connectivity index (χ2n) is 7.67. The van der Waals surface area contributed by atoms with Gasteiger partial charge in [0.05, 0.1) is 37.9 Å². The first-order valence-electron chi connectivity index (χ1n) is 10.0. The van der Waals surface area contributed by atoms with Gasteiger partial charge in [-0.05, 0) is 17.5 Å². The quantitative estimate of drug-likeness (QED) is 0.161. The Bertz CT molecular complexity index is 854. The zero-order valence-corrected chi connectivity index (χ0v) is 20.7. The largest absolute Gasteiger partial charge is 0.493 e. The molecule has 32 heavy (non-hydrogen) atoms. The Hall–Kier alpha value is -2.46. The highest BCUT2D eigenvalue weighted by Gasteiger charge is 2.26. The number of methoxy groups -OCH3 is 2. The van der Waals surface area contributed by atoms with E-state index in [9.17, 15) is 4.79 Å². The Labute approximate surface area is 197 Å². The van der Waals surface area contributed by atoms with Gasteiger partial charge in [-0.1, -0.05) is 50.7 Å². The molecule has 10 heteroatoms. The van der Waals surface area contributed by atoms with E-state index >= 15 is 0 Å². The minimum Gasteiger partial charge on any atom is -0.493 e. The molecule has 2 rings (SSSR count). The van der Waals surface area contributed by atoms with Gasteiger partial charge < -0.3 is 14.2 Å². The zero-order valence-electron chi connectivity index (χ0n) is 19.0. The van der Waals surface area contributed by atoms with Crippen LogP contribution in [-0.2, 0) is 4.79 Å². The topological polar surface area (TPSA) is 94.9 Å². The summed E-state index contributed by atoms with van der Waals surface area (Å²) in [6.07, 6.45) is 1.71. The number of para-hydroxylation sites is 1. The van der Waals surface area contributed by atoms with E-state index in [-0.39, 0.29) is 16.6 Å². The number of thioether (sulfide) groups is 2. The van der Waals surface area contributed by atoms with Crippen molar-refractivity contribution in [2.45, 2.75) is 31.2 Å². The maximum Gasteiger partial charge on any atom is 0.250 e. The summed E-state index contributed by atoms with van der Waals surface area (Å²) in [5, 5.41) is 4.57. The lowest BCUT2D eigenvalue weighted by Gasteiger charge is -2.26. The zero-order chi connectivity index (χ0) is 23.4. The van der Waals surface area contributed by atoms with Crippen LogP contribution in [0.2, 0.25) is 0 Å². The molecule has 1 amide bonds. The molecule has 0 aliphatic rings. The lowest BCUT2D eigenvalue weighted by atomic mass is 9.92. The fraction of sp³-hybridized carbons (Fsp3) is 0.455. The monoisotopic (exact) mass is 478 g/mol. The van der Waals surface area contributed by atoms with Gasteiger partial charge in [0.2, 0.25) is 17.7 Å². The minimum absolute atomic E-state index is 0.0912. The van der Waals surface area contributed by atoms with E-state index in [1.54, 1.807) is 26.5 Å². The molecular formula is C22H30N4O4S2. The van der Waals surface area contributed by atoms with Gasteiger partial charge in [-0.15, -0.1) is 11.8 Å². The Morgan fingerprint density at radius 2 is 1.81 bits per heavy atom. The minimum atomic E-state index is -0.164. The molecule has 0 radical (unpaired) electrons. The number of ether oxygens (including phenoxy) is 3. The third-order valence-electron chi connectivity index (χ3n) is 4.03. The third kappa shape index (κ3) is 9.35. The summed E-state index contributed by atoms with van der Waals surface area (Å²) in [6, 6.07) is 11.2. The molecule has 0 saturated carbocycles. The number of carbonyl (C=O) groups is 1. The Morgan fingerprint density at radius 3 is 2.41 bits per heavy atom. The molecule has 0 aliphatic heterocycles. The van der Waals surface area contributed by atoms with Crippen molar-refractivity contribution in [3.8, 4) is 17.5 Å². The highest BCUT2D eigenvalue weighted by atomic mass is 32.2. The number of amides is 1. The molecule has 174 valence electrons. The van der Waals surface area contributed by atoms with Gasteiger partial charge in [0.15, 0.2) is 5.16 Å². The van der Waals surface area contributed by atoms with E-state index in [1.165, 1.54) is 23.5 Å². The molecule has 0 bridgehead atoms. The summed E-state index contributed by atoms with van der Waals surface area (Å²) < 4.78 is 16.0. The predicted molar refractivity (Wildman–Crippen MR) is 130 cm³/mol. The van der Waals surface area contributed by atoms with E-state index in [0.717, 1.165) is 5.75 Å². The standard InChI is InChI=1S/C22H30N4O4S2/c1-22(2,3)17(32-21-24-19(28-4)13-20(25-21)29-5)14-23-26-18(27)15-31-12-11-30-16-9-7-6-8-10-16/h6-10,13-14,17H,11-12,15H2,1-5H3,(H,26,27). The number of rotatable bonds is 12. The summed E-state index contributed by atoms with van der Waals surface area (Å²) in [5.74, 6) is 2.52. The van der Waals surface area contributed by atoms with Crippen LogP contribution in [0.25, 0.3) is 0 Å². The van der Waals surface area contributed by atoms with Crippen molar-refractivity contribution in [2.24, 2.45) is 10.5 Å². The van der Waals surface area contributed by atoms with Crippen LogP contribution in [0, 0.1) is 5.41 Å². The van der Waals surface area contributed by atoms with Crippen molar-refractivity contribution in [2.75, 3.05) is 32.3 Å². The lowest BCUT2D eigenvalue weighted by Crippen LogP contribution is -2.27. The first kappa shape index (κ1) is 25.8. The molecule has 8 nitrogen and oxygen atoms in total. The molecule has 1 atom stereocenters. The SMILES string of the molecule is COc1cc(OC)nc(SC(C=NNC(=O)CSCCOc2ccccc2)C(C)(C)C)n1. The highest BCUT2D eigenvalue weighted by molar-refractivity contribution is 8.00. The molecule has 1 aromatic carbocycles. The van der Waals surface area contributed by atoms with Gasteiger partial charge in [-0.25, -0.2) is 5.43 Å². The van der Waals surface area contributed by atoms with Crippen LogP contribution in [0.15, 0.2) is 46.7 Å². The molecule has 2 aromatic rings. The van der Waals surface area contributed by atoms with Crippen LogP contribution in [-0.4, -0.2) is 59.7 Å². The molecule has 0 aliphatic carbocycles. The maximum absolute atomic E-state index is 12.1. The second-order valence-corrected chi connectivity index (χ2v) is 9.88. The average molecular weight is 479 g/mol. The van der Waals surface area contributed by atoms with Crippen molar-refractivity contribution >= 4 is 35.6 Å². The van der Waals surface area contributed by atoms with Crippen LogP contribution in [0.1, 0.15) is 20.8 Å². The van der Waals surface area contributed by atoms with Gasteiger partial charge in [0, 0.05) is 12.0 Å². The lowest BCUT2D eigenvalue weighted by molar-refractivity contribution is -0.118. The Kier molecular flexibility index (Phi) is 10.6. The number of carbonyl (C=O) groups excluding carboxylic acids is 1. The first-order chi connectivity index (χ1) is 15.3. The number of hydrogen-bond donors (Lipinski definition) is 1. The van der Waals surface area contributed by atoms with Crippen LogP contribution in [0.3, 0.4) is 0 Å². The van der Waals surface area contributed by atoms with Gasteiger partial charge in [-0.3, -0.25) is 4.79 Å². The summed E-state index contributed by atoms with van der Waals surface area (Å²) in [4.78, 5) is 20.8. The molecule has 0 spiro atoms. The molecular weight excluding hydrogens is 448 g/mol. The number of aromatic nitrogens is 2. The van der Waals surface area contributed by atoms with Crippen molar-refractivity contribution < 1.29 is 19.0 Å². The maximum atomic E-state index is 12.1. The summed E-state index contributed by atoms with van der Waals surface area (Å²) in [5.41, 5.74) is 2.44. The molecule has 1 heterocycles. The number of benzene rings is 1. The molecule has 1 N–H and O–H groups in total. The molecule has 1 unspecified atom stereocenters. The number of nitrogens with one attached hydrogen (secondary N) is 1. The fourth-order valence-electron chi connectivity index (χ4n) is 2.30. The molecule has 0 fully saturated rings. The van der Waals surface area contributed by atoms with E-state index in [1.807, 2.05) is 30.3 Å². The van der Waals surface area contributed by atoms with Crippen LogP contribution >= 0.6 is 23.5 Å². The van der Waals surface area contributed by atoms with Crippen molar-refractivity contribution in [3.05, 3.63) is 36.4 Å². The smallest absolute Gasteiger partial charge is 0.250 e. The summed E-state index contributed by atoms with van der Waals surface area (Å²) in [6.45, 7) is 6.79. The van der Waals surface area contributed by atoms with E-state index in [0.29, 0.717) is 35.0 Å². The van der Waals surface area contributed by atoms with Gasteiger partial charge >= 0.3 is 0 Å². The van der Waals surface area contributed by atoms with Gasteiger partial charge in [0.25, 0.3) is 0 Å². The summed E-state index contributed by atoms with van der Waals surface area (Å²) in [7, 11) is 3.08. The van der Waals surface area contributed by atoms with E-state index in [2.05, 4.69) is 41.3 Å². The molecule has 1 aromatic heterocycles. The normalized spacial score (nSPS) is 12.4. The number of hydrogen-bond acceptors (Lipinski definition) is 9. The Balaban J connectivity index is 1.82. The van der Waals surface area contributed by atoms with E-state index in [4.69, 9.17) is 14.2 Å². The van der Waals surface area contributed by atoms with Gasteiger partial charge in [0.1, 0.15) is 5.75 Å². The van der Waals surface area contributed by atoms with Crippen molar-refractivity contribution in [1.82, 2.24) is 15.4 Å². The van der Waals surface area contributed by atoms with Gasteiger partial charge in [-0.2, -0.15) is 15.1 Å². The van der Waals surface area contributed by atoms with Crippen molar-refractivity contribution in [3.63, 3.8) is 0 Å². The number of hydrazone groups is 1. The van der Waals surface area contributed by atoms with E-state index < -0.39 is 0 Å². The second kappa shape index (κ2) is 13.2. The van der Waals surface area contributed by atoms with Crippen LogP contribution < -0.4 is 19.6 Å². The fourth-order valence-corrected chi connectivity index (χ4v) is 3.88. The number of nitrogens with zero attached hydrogens (tertiary/aromatic N) is 3. The average Bonchev–Trinajstić information content (AvgIpc) is 2.78. The Morgan fingerprint density at radius 1 is 1.16 bits per heavy atom. The predicted octanol–water partition coefficient (Wildman–Crippen LogP) is 3.91. The van der Waals surface area contributed by atoms with Crippen LogP contribution in [0.5, 0.6) is 17.5 Å². The third-order valence-corrected chi connectivity index (χ3v) is 6.43. The highest BCUT2D eigenvalue weighted by Crippen LogP contribution is 2.34. The first-order valence-corrected chi connectivity index (χ1v) is 12.1.